The van der Waals surface area contributed by atoms with E-state index in [0.717, 1.165) is 27.7 Å². The van der Waals surface area contributed by atoms with E-state index in [1.54, 1.807) is 30.3 Å². The number of benzene rings is 2. The third-order valence-corrected chi connectivity index (χ3v) is 6.46. The zero-order chi connectivity index (χ0) is 29.7. The van der Waals surface area contributed by atoms with Crippen LogP contribution in [0.3, 0.4) is 0 Å². The van der Waals surface area contributed by atoms with Crippen molar-refractivity contribution in [3.63, 3.8) is 0 Å². The van der Waals surface area contributed by atoms with E-state index in [1.807, 2.05) is 13.8 Å². The van der Waals surface area contributed by atoms with Gasteiger partial charge in [-0.25, -0.2) is 27.6 Å². The number of ether oxygens (including phenoxy) is 1. The number of carbonyl (C=O) groups excluding carboxylic acids is 1. The molecule has 0 atom stereocenters. The molecule has 2 amide bonds. The summed E-state index contributed by atoms with van der Waals surface area (Å²) in [6, 6.07) is 9.20. The number of nitrogens with two attached hydrogens (primary N) is 1. The maximum atomic E-state index is 14.7. The zero-order valence-corrected chi connectivity index (χ0v) is 22.9. The van der Waals surface area contributed by atoms with E-state index in [9.17, 15) is 23.2 Å². The fourth-order valence-electron chi connectivity index (χ4n) is 4.50. The van der Waals surface area contributed by atoms with Gasteiger partial charge in [0.15, 0.2) is 5.65 Å². The predicted molar refractivity (Wildman–Crippen MR) is 153 cm³/mol. The lowest BCUT2D eigenvalue weighted by Gasteiger charge is -2.11. The number of carbonyl (C=O) groups is 1. The molecule has 12 heteroatoms. The van der Waals surface area contributed by atoms with Gasteiger partial charge in [-0.1, -0.05) is 19.9 Å². The van der Waals surface area contributed by atoms with E-state index in [4.69, 9.17) is 10.5 Å². The van der Waals surface area contributed by atoms with Crippen molar-refractivity contribution in [2.24, 2.45) is 5.73 Å². The molecular weight excluding hydrogens is 534 g/mol. The van der Waals surface area contributed by atoms with E-state index in [-0.39, 0.29) is 16.6 Å². The molecule has 0 saturated heterocycles. The number of primary amides is 1. The van der Waals surface area contributed by atoms with Crippen LogP contribution in [0.5, 0.6) is 0 Å². The van der Waals surface area contributed by atoms with Gasteiger partial charge >= 0.3 is 11.7 Å². The zero-order valence-electron chi connectivity index (χ0n) is 22.9. The average molecular weight is 565 g/mol. The number of amides is 2. The summed E-state index contributed by atoms with van der Waals surface area (Å²) in [6.45, 7) is 3.31. The first-order valence-electron chi connectivity index (χ1n) is 13.0. The Morgan fingerprint density at radius 1 is 1.10 bits per heavy atom. The van der Waals surface area contributed by atoms with Gasteiger partial charge in [-0.2, -0.15) is 0 Å². The van der Waals surface area contributed by atoms with Crippen LogP contribution in [0, 0.1) is 11.6 Å². The molecule has 0 spiro atoms. The Bertz CT molecular complexity index is 1750. The van der Waals surface area contributed by atoms with Crippen LogP contribution >= 0.6 is 0 Å². The monoisotopic (exact) mass is 564 g/mol. The van der Waals surface area contributed by atoms with Crippen molar-refractivity contribution in [1.82, 2.24) is 18.9 Å². The molecule has 0 radical (unpaired) electrons. The molecule has 41 heavy (non-hydrogen) atoms. The lowest BCUT2D eigenvalue weighted by Crippen LogP contribution is -2.38. The number of methoxy groups -OCH3 is 1. The highest BCUT2D eigenvalue weighted by molar-refractivity contribution is 5.88. The average Bonchev–Trinajstić information content (AvgIpc) is 3.33. The number of fused-ring (bicyclic) bond motifs is 1. The van der Waals surface area contributed by atoms with Gasteiger partial charge in [-0.3, -0.25) is 9.36 Å². The topological polar surface area (TPSA) is 126 Å². The van der Waals surface area contributed by atoms with E-state index < -0.39 is 35.5 Å². The first-order valence-corrected chi connectivity index (χ1v) is 13.0. The number of hydrogen-bond donors (Lipinski definition) is 2. The molecule has 0 saturated carbocycles. The number of urea groups is 1. The maximum absolute atomic E-state index is 14.7. The normalized spacial score (nSPS) is 11.9. The maximum Gasteiger partial charge on any atom is 0.337 e. The Morgan fingerprint density at radius 3 is 2.37 bits per heavy atom. The smallest absolute Gasteiger partial charge is 0.337 e. The van der Waals surface area contributed by atoms with Gasteiger partial charge in [-0.15, -0.1) is 5.10 Å². The molecule has 2 aromatic heterocycles. The van der Waals surface area contributed by atoms with Crippen LogP contribution in [0.4, 0.5) is 19.3 Å². The largest absolute Gasteiger partial charge is 0.501 e. The Hall–Kier alpha value is -5.00. The van der Waals surface area contributed by atoms with Gasteiger partial charge in [0.25, 0.3) is 5.56 Å². The number of anilines is 1. The van der Waals surface area contributed by atoms with Gasteiger partial charge in [0.1, 0.15) is 17.0 Å². The van der Waals surface area contributed by atoms with Crippen molar-refractivity contribution in [2.75, 3.05) is 12.4 Å². The third kappa shape index (κ3) is 5.96. The first-order chi connectivity index (χ1) is 19.7. The van der Waals surface area contributed by atoms with Crippen molar-refractivity contribution in [3.05, 3.63) is 104 Å². The molecule has 0 aliphatic carbocycles. The van der Waals surface area contributed by atoms with Gasteiger partial charge < -0.3 is 15.8 Å². The Kier molecular flexibility index (Phi) is 8.81. The lowest BCUT2D eigenvalue weighted by atomic mass is 10.2. The van der Waals surface area contributed by atoms with Crippen LogP contribution in [0.15, 0.2) is 70.0 Å². The summed E-state index contributed by atoms with van der Waals surface area (Å²) in [5.74, 6) is -1.01. The number of aromatic nitrogens is 4. The fourth-order valence-corrected chi connectivity index (χ4v) is 4.50. The Balaban J connectivity index is 1.98. The van der Waals surface area contributed by atoms with Crippen LogP contribution in [0.25, 0.3) is 22.9 Å². The van der Waals surface area contributed by atoms with Crippen molar-refractivity contribution in [2.45, 2.75) is 39.7 Å². The number of allylic oxidation sites excluding steroid dienone is 3. The summed E-state index contributed by atoms with van der Waals surface area (Å²) in [5.41, 5.74) is 4.81. The second-order valence-electron chi connectivity index (χ2n) is 9.12. The molecule has 3 N–H and O–H groups in total. The van der Waals surface area contributed by atoms with Crippen molar-refractivity contribution < 1.29 is 18.3 Å². The first kappa shape index (κ1) is 29.0. The highest BCUT2D eigenvalue weighted by Crippen LogP contribution is 2.22. The highest BCUT2D eigenvalue weighted by Gasteiger charge is 2.23. The molecule has 10 nitrogen and oxygen atoms in total. The van der Waals surface area contributed by atoms with Crippen molar-refractivity contribution >= 4 is 29.0 Å². The minimum Gasteiger partial charge on any atom is -0.501 e. The van der Waals surface area contributed by atoms with Crippen LogP contribution in [0.1, 0.15) is 37.9 Å². The molecule has 2 aromatic carbocycles. The molecule has 4 aromatic rings. The summed E-state index contributed by atoms with van der Waals surface area (Å²) in [5, 5.41) is 7.15. The SMILES string of the molecule is CCC/C(=C\C=C\n1c(=O)c2c(CC)n(-c3ccc(NC(N)=O)cc3)nc2n(Cc2c(F)cccc2F)c1=O)OC. The van der Waals surface area contributed by atoms with Crippen molar-refractivity contribution in [1.29, 1.82) is 0 Å². The van der Waals surface area contributed by atoms with Crippen molar-refractivity contribution in [3.8, 4) is 5.69 Å². The van der Waals surface area contributed by atoms with Gasteiger partial charge in [0.2, 0.25) is 0 Å². The second-order valence-corrected chi connectivity index (χ2v) is 9.12. The summed E-state index contributed by atoms with van der Waals surface area (Å²) >= 11 is 0. The minimum absolute atomic E-state index is 0.0254. The van der Waals surface area contributed by atoms with Gasteiger partial charge in [0, 0.05) is 23.9 Å². The molecule has 214 valence electrons. The number of nitrogens with zero attached hydrogens (tertiary/aromatic N) is 4. The quantitative estimate of drug-likeness (QED) is 0.216. The molecule has 0 fully saturated rings. The predicted octanol–water partition coefficient (Wildman–Crippen LogP) is 4.53. The van der Waals surface area contributed by atoms with E-state index >= 15 is 0 Å². The minimum atomic E-state index is -0.835. The van der Waals surface area contributed by atoms with E-state index in [1.165, 1.54) is 30.1 Å². The standard InChI is InChI=1S/C29H30F2N6O4/c1-4-8-20(41-3)9-7-16-35-27(38)25-24(5-2)37(19-14-12-18(13-15-19)33-28(32)39)34-26(25)36(29(35)40)17-21-22(30)10-6-11-23(21)31/h6-7,9-16H,4-5,8,17H2,1-3H3,(H3,32,33,39)/b16-7+,20-9+. The summed E-state index contributed by atoms with van der Waals surface area (Å²) in [6.07, 6.45) is 6.29. The molecule has 0 aliphatic rings. The summed E-state index contributed by atoms with van der Waals surface area (Å²) in [4.78, 5) is 38.6. The molecule has 0 aliphatic heterocycles. The molecule has 0 unspecified atom stereocenters. The molecular formula is C29H30F2N6O4. The fraction of sp³-hybridized carbons (Fsp3) is 0.241. The number of aryl methyl sites for hydroxylation is 1. The molecule has 2 heterocycles. The van der Waals surface area contributed by atoms with E-state index in [2.05, 4.69) is 10.4 Å². The molecule has 0 bridgehead atoms. The van der Waals surface area contributed by atoms with Gasteiger partial charge in [0.05, 0.1) is 30.8 Å². The Morgan fingerprint density at radius 2 is 1.78 bits per heavy atom. The van der Waals surface area contributed by atoms with Crippen LogP contribution < -0.4 is 22.3 Å². The number of nitrogens with one attached hydrogen (secondary N) is 1. The van der Waals surface area contributed by atoms with Gasteiger partial charge in [-0.05, 0) is 61.4 Å². The highest BCUT2D eigenvalue weighted by atomic mass is 19.1. The Labute approximate surface area is 234 Å². The lowest BCUT2D eigenvalue weighted by molar-refractivity contribution is 0.259. The second kappa shape index (κ2) is 12.5. The molecule has 4 rings (SSSR count). The van der Waals surface area contributed by atoms with Crippen LogP contribution in [-0.2, 0) is 17.7 Å². The summed E-state index contributed by atoms with van der Waals surface area (Å²) in [7, 11) is 1.53. The van der Waals surface area contributed by atoms with Crippen LogP contribution in [-0.4, -0.2) is 32.1 Å². The third-order valence-electron chi connectivity index (χ3n) is 6.46. The number of rotatable bonds is 10. The summed E-state index contributed by atoms with van der Waals surface area (Å²) < 4.78 is 38.1. The van der Waals surface area contributed by atoms with E-state index in [0.29, 0.717) is 35.7 Å². The number of hydrogen-bond acceptors (Lipinski definition) is 5. The van der Waals surface area contributed by atoms with Crippen LogP contribution in [0.2, 0.25) is 0 Å². The number of halogens is 2.